The van der Waals surface area contributed by atoms with Gasteiger partial charge in [-0.3, -0.25) is 5.32 Å². The molecule has 2 saturated heterocycles. The Kier molecular flexibility index (Phi) is 1.27. The summed E-state index contributed by atoms with van der Waals surface area (Å²) in [6, 6.07) is 0. The number of hydrogen-bond acceptors (Lipinski definition) is 3. The number of nitrogens with one attached hydrogen (secondary N) is 1. The molecule has 1 unspecified atom stereocenters. The number of aliphatic hydroxyl groups is 1. The van der Waals surface area contributed by atoms with E-state index >= 15 is 0 Å². The highest BCUT2D eigenvalue weighted by molar-refractivity contribution is 5.00. The van der Waals surface area contributed by atoms with Crippen LogP contribution in [0.15, 0.2) is 0 Å². The van der Waals surface area contributed by atoms with Crippen LogP contribution in [0.25, 0.3) is 0 Å². The third-order valence-corrected chi connectivity index (χ3v) is 2.55. The molecule has 2 aliphatic rings. The van der Waals surface area contributed by atoms with E-state index in [2.05, 4.69) is 17.3 Å². The summed E-state index contributed by atoms with van der Waals surface area (Å²) in [6.45, 7) is 3.30. The molecule has 0 aromatic heterocycles. The van der Waals surface area contributed by atoms with E-state index in [9.17, 15) is 5.11 Å². The molecule has 3 nitrogen and oxygen atoms in total. The number of rotatable bonds is 0. The van der Waals surface area contributed by atoms with E-state index in [1.165, 1.54) is 0 Å². The van der Waals surface area contributed by atoms with Crippen molar-refractivity contribution in [2.45, 2.75) is 12.6 Å². The summed E-state index contributed by atoms with van der Waals surface area (Å²) in [7, 11) is 2.12. The van der Waals surface area contributed by atoms with Crippen molar-refractivity contribution in [3.8, 4) is 0 Å². The molecule has 2 aliphatic heterocycles. The number of likely N-dealkylation sites (tertiary alicyclic amines) is 1. The first kappa shape index (κ1) is 6.58. The van der Waals surface area contributed by atoms with Crippen molar-refractivity contribution in [3.63, 3.8) is 0 Å². The summed E-state index contributed by atoms with van der Waals surface area (Å²) in [5.74, 6) is 0. The molecule has 0 aromatic rings. The third kappa shape index (κ3) is 0.856. The Morgan fingerprint density at radius 1 is 1.60 bits per heavy atom. The molecule has 0 saturated carbocycles. The fraction of sp³-hybridized carbons (Fsp3) is 1.00. The Bertz CT molecular complexity index is 137. The van der Waals surface area contributed by atoms with Crippen LogP contribution in [0.1, 0.15) is 6.42 Å². The third-order valence-electron chi connectivity index (χ3n) is 2.55. The summed E-state index contributed by atoms with van der Waals surface area (Å²) in [4.78, 5) is 2.29. The van der Waals surface area contributed by atoms with E-state index < -0.39 is 0 Å². The van der Waals surface area contributed by atoms with Crippen LogP contribution in [0.2, 0.25) is 0 Å². The minimum absolute atomic E-state index is 0.242. The molecule has 0 aliphatic carbocycles. The summed E-state index contributed by atoms with van der Waals surface area (Å²) >= 11 is 0. The van der Waals surface area contributed by atoms with Gasteiger partial charge in [0.2, 0.25) is 0 Å². The molecule has 2 rings (SSSR count). The van der Waals surface area contributed by atoms with Crippen LogP contribution < -0.4 is 5.32 Å². The number of aliphatic hydroxyl groups excluding tert-OH is 1. The smallest absolute Gasteiger partial charge is 0.105 e. The topological polar surface area (TPSA) is 35.5 Å². The lowest BCUT2D eigenvalue weighted by Crippen LogP contribution is -2.55. The van der Waals surface area contributed by atoms with Crippen LogP contribution >= 0.6 is 0 Å². The van der Waals surface area contributed by atoms with Crippen LogP contribution in [-0.2, 0) is 0 Å². The van der Waals surface area contributed by atoms with Crippen LogP contribution in [0.3, 0.4) is 0 Å². The zero-order chi connectivity index (χ0) is 7.19. The zero-order valence-corrected chi connectivity index (χ0v) is 6.30. The molecule has 0 radical (unpaired) electrons. The molecule has 58 valence electrons. The molecule has 0 amide bonds. The minimum Gasteiger partial charge on any atom is -0.379 e. The Labute approximate surface area is 61.0 Å². The van der Waals surface area contributed by atoms with E-state index in [1.54, 1.807) is 0 Å². The van der Waals surface area contributed by atoms with Crippen LogP contribution in [0, 0.1) is 5.41 Å². The fourth-order valence-corrected chi connectivity index (χ4v) is 2.23. The van der Waals surface area contributed by atoms with Crippen molar-refractivity contribution in [2.75, 3.05) is 26.7 Å². The van der Waals surface area contributed by atoms with Gasteiger partial charge >= 0.3 is 0 Å². The summed E-state index contributed by atoms with van der Waals surface area (Å²) in [5.41, 5.74) is 0.425. The minimum atomic E-state index is -0.242. The maximum atomic E-state index is 9.19. The molecule has 2 N–H and O–H groups in total. The van der Waals surface area contributed by atoms with Gasteiger partial charge in [0.05, 0.1) is 0 Å². The van der Waals surface area contributed by atoms with Gasteiger partial charge in [-0.25, -0.2) is 0 Å². The van der Waals surface area contributed by atoms with Crippen molar-refractivity contribution >= 4 is 0 Å². The molecule has 3 heteroatoms. The lowest BCUT2D eigenvalue weighted by molar-refractivity contribution is 0.0257. The monoisotopic (exact) mass is 142 g/mol. The van der Waals surface area contributed by atoms with Gasteiger partial charge < -0.3 is 10.0 Å². The summed E-state index contributed by atoms with van der Waals surface area (Å²) < 4.78 is 0. The van der Waals surface area contributed by atoms with Crippen LogP contribution in [-0.4, -0.2) is 42.9 Å². The van der Waals surface area contributed by atoms with Gasteiger partial charge in [-0.05, 0) is 13.5 Å². The van der Waals surface area contributed by atoms with Gasteiger partial charge in [-0.2, -0.15) is 0 Å². The molecular weight excluding hydrogens is 128 g/mol. The first-order chi connectivity index (χ1) is 4.70. The molecule has 0 aromatic carbocycles. The van der Waals surface area contributed by atoms with Gasteiger partial charge in [0.15, 0.2) is 0 Å². The molecule has 2 fully saturated rings. The van der Waals surface area contributed by atoms with E-state index in [0.29, 0.717) is 5.41 Å². The van der Waals surface area contributed by atoms with Crippen LogP contribution in [0.5, 0.6) is 0 Å². The molecular formula is C7H14N2O. The summed E-state index contributed by atoms with van der Waals surface area (Å²) in [5, 5.41) is 12.2. The van der Waals surface area contributed by atoms with Gasteiger partial charge in [-0.1, -0.05) is 0 Å². The van der Waals surface area contributed by atoms with Crippen molar-refractivity contribution in [1.82, 2.24) is 10.2 Å². The van der Waals surface area contributed by atoms with Gasteiger partial charge in [0, 0.05) is 25.0 Å². The Hall–Kier alpha value is -0.120. The largest absolute Gasteiger partial charge is 0.379 e. The highest BCUT2D eigenvalue weighted by Gasteiger charge is 2.46. The highest BCUT2D eigenvalue weighted by atomic mass is 16.3. The first-order valence-corrected chi connectivity index (χ1v) is 3.80. The molecule has 1 spiro atoms. The van der Waals surface area contributed by atoms with E-state index in [0.717, 1.165) is 26.1 Å². The van der Waals surface area contributed by atoms with Crippen molar-refractivity contribution in [3.05, 3.63) is 0 Å². The lowest BCUT2D eigenvalue weighted by Gasteiger charge is -2.45. The van der Waals surface area contributed by atoms with Crippen LogP contribution in [0.4, 0.5) is 0 Å². The standard InChI is InChI=1S/C7H14N2O/c1-9-4-7(5-9)2-6(10)8-3-7/h6,8,10H,2-5H2,1H3. The molecule has 2 heterocycles. The van der Waals surface area contributed by atoms with Gasteiger partial charge in [0.25, 0.3) is 0 Å². The van der Waals surface area contributed by atoms with E-state index in [4.69, 9.17) is 0 Å². The number of hydrogen-bond donors (Lipinski definition) is 2. The van der Waals surface area contributed by atoms with Gasteiger partial charge in [-0.15, -0.1) is 0 Å². The second kappa shape index (κ2) is 1.94. The predicted octanol–water partition coefficient (Wildman–Crippen LogP) is -0.770. The normalized spacial score (nSPS) is 38.4. The number of nitrogens with zero attached hydrogens (tertiary/aromatic N) is 1. The Morgan fingerprint density at radius 2 is 2.30 bits per heavy atom. The first-order valence-electron chi connectivity index (χ1n) is 3.80. The second-order valence-electron chi connectivity index (χ2n) is 3.77. The molecule has 10 heavy (non-hydrogen) atoms. The Morgan fingerprint density at radius 3 is 2.70 bits per heavy atom. The van der Waals surface area contributed by atoms with Crippen molar-refractivity contribution in [2.24, 2.45) is 5.41 Å². The predicted molar refractivity (Wildman–Crippen MR) is 38.6 cm³/mol. The van der Waals surface area contributed by atoms with E-state index in [-0.39, 0.29) is 6.23 Å². The van der Waals surface area contributed by atoms with E-state index in [1.807, 2.05) is 0 Å². The van der Waals surface area contributed by atoms with Gasteiger partial charge in [0.1, 0.15) is 6.23 Å². The fourth-order valence-electron chi connectivity index (χ4n) is 2.23. The lowest BCUT2D eigenvalue weighted by atomic mass is 9.79. The highest BCUT2D eigenvalue weighted by Crippen LogP contribution is 2.36. The maximum absolute atomic E-state index is 9.19. The SMILES string of the molecule is CN1CC2(CNC(O)C2)C1. The zero-order valence-electron chi connectivity index (χ0n) is 6.30. The van der Waals surface area contributed by atoms with Crippen molar-refractivity contribution < 1.29 is 5.11 Å². The maximum Gasteiger partial charge on any atom is 0.105 e. The quantitative estimate of drug-likeness (QED) is 0.466. The molecule has 1 atom stereocenters. The average Bonchev–Trinajstić information content (AvgIpc) is 2.10. The van der Waals surface area contributed by atoms with Crippen molar-refractivity contribution in [1.29, 1.82) is 0 Å². The average molecular weight is 142 g/mol. The summed E-state index contributed by atoms with van der Waals surface area (Å²) in [6.07, 6.45) is 0.700. The molecule has 0 bridgehead atoms. The second-order valence-corrected chi connectivity index (χ2v) is 3.77. The Balaban J connectivity index is 1.95.